The van der Waals surface area contributed by atoms with Crippen molar-refractivity contribution in [2.24, 2.45) is 4.99 Å². The molecule has 0 atom stereocenters. The molecule has 1 aliphatic carbocycles. The van der Waals surface area contributed by atoms with Crippen LogP contribution in [-0.2, 0) is 0 Å². The molecule has 1 aromatic heterocycles. The van der Waals surface area contributed by atoms with Gasteiger partial charge in [-0.15, -0.1) is 0 Å². The highest BCUT2D eigenvalue weighted by atomic mass is 15.3. The smallest absolute Gasteiger partial charge is 0.138 e. The summed E-state index contributed by atoms with van der Waals surface area (Å²) in [6.45, 7) is 5.86. The third-order valence-electron chi connectivity index (χ3n) is 10.1. The topological polar surface area (TPSA) is 28.5 Å². The van der Waals surface area contributed by atoms with Crippen LogP contribution in [0.15, 0.2) is 193 Å². The van der Waals surface area contributed by atoms with E-state index in [0.717, 1.165) is 17.1 Å². The molecule has 0 amide bonds. The Kier molecular flexibility index (Phi) is 7.87. The van der Waals surface area contributed by atoms with E-state index in [1.807, 2.05) is 48.3 Å². The normalized spacial score (nSPS) is 12.1. The first-order valence-corrected chi connectivity index (χ1v) is 17.6. The third-order valence-corrected chi connectivity index (χ3v) is 10.1. The molecule has 0 bridgehead atoms. The highest BCUT2D eigenvalue weighted by molar-refractivity contribution is 6.28. The van der Waals surface area contributed by atoms with Gasteiger partial charge in [0.25, 0.3) is 0 Å². The first-order valence-electron chi connectivity index (χ1n) is 17.6. The van der Waals surface area contributed by atoms with Crippen LogP contribution < -0.4 is 4.90 Å². The Morgan fingerprint density at radius 3 is 1.71 bits per heavy atom. The number of allylic oxidation sites excluding steroid dienone is 3. The summed E-state index contributed by atoms with van der Waals surface area (Å²) in [6, 6.07) is 56.7. The lowest BCUT2D eigenvalue weighted by Gasteiger charge is -2.24. The second kappa shape index (κ2) is 13.1. The molecule has 0 fully saturated rings. The van der Waals surface area contributed by atoms with E-state index >= 15 is 0 Å². The van der Waals surface area contributed by atoms with Crippen LogP contribution in [0.2, 0.25) is 0 Å². The van der Waals surface area contributed by atoms with Crippen molar-refractivity contribution in [2.75, 3.05) is 4.90 Å². The highest BCUT2D eigenvalue weighted by Crippen LogP contribution is 2.58. The van der Waals surface area contributed by atoms with Gasteiger partial charge in [-0.25, -0.2) is 9.98 Å². The summed E-state index contributed by atoms with van der Waals surface area (Å²) in [5, 5.41) is 5.07. The van der Waals surface area contributed by atoms with E-state index in [2.05, 4.69) is 156 Å². The predicted molar refractivity (Wildman–Crippen MR) is 221 cm³/mol. The molecule has 0 radical (unpaired) electrons. The zero-order chi connectivity index (χ0) is 35.0. The molecule has 0 unspecified atom stereocenters. The molecular weight excluding hydrogens is 631 g/mol. The minimum Gasteiger partial charge on any atom is -0.279 e. The average Bonchev–Trinajstić information content (AvgIpc) is 3.54. The Balaban J connectivity index is 1.26. The molecule has 0 spiro atoms. The van der Waals surface area contributed by atoms with Crippen LogP contribution in [0.1, 0.15) is 6.92 Å². The van der Waals surface area contributed by atoms with Gasteiger partial charge in [-0.05, 0) is 121 Å². The van der Waals surface area contributed by atoms with Crippen molar-refractivity contribution >= 4 is 39.8 Å². The number of pyridine rings is 1. The Morgan fingerprint density at radius 1 is 0.538 bits per heavy atom. The van der Waals surface area contributed by atoms with Gasteiger partial charge in [0.15, 0.2) is 0 Å². The standard InChI is InChI=1S/C49H35N3/c1-3-4-24-43(50-2)52(44-25-13-14-32-51-44)36-28-26-33(27-29-36)37-30-31-42-47-38(37)22-15-23-41(47)48-45(34-16-7-5-8-17-34)39-20-11-12-21-40(39)46(49(42)48)35-18-9-6-10-19-35/h3-32H,2H2,1H3/b4-3-,43-24+. The fraction of sp³-hybridized carbons (Fsp3) is 0.0204. The zero-order valence-corrected chi connectivity index (χ0v) is 28.9. The van der Waals surface area contributed by atoms with Crippen molar-refractivity contribution in [3.05, 3.63) is 188 Å². The minimum absolute atomic E-state index is 0.698. The van der Waals surface area contributed by atoms with E-state index in [0.29, 0.717) is 5.82 Å². The van der Waals surface area contributed by atoms with Crippen molar-refractivity contribution in [1.82, 2.24) is 4.98 Å². The second-order valence-corrected chi connectivity index (χ2v) is 12.9. The summed E-state index contributed by atoms with van der Waals surface area (Å²) in [5.41, 5.74) is 13.5. The Morgan fingerprint density at radius 2 is 1.12 bits per heavy atom. The van der Waals surface area contributed by atoms with Gasteiger partial charge in [0.1, 0.15) is 11.6 Å². The Labute approximate surface area is 304 Å². The maximum Gasteiger partial charge on any atom is 0.138 e. The Bertz CT molecular complexity index is 2580. The second-order valence-electron chi connectivity index (χ2n) is 12.9. The number of fused-ring (bicyclic) bond motifs is 4. The fourth-order valence-corrected chi connectivity index (χ4v) is 7.90. The van der Waals surface area contributed by atoms with E-state index in [4.69, 9.17) is 0 Å². The van der Waals surface area contributed by atoms with E-state index in [1.54, 1.807) is 6.20 Å². The molecule has 0 saturated carbocycles. The van der Waals surface area contributed by atoms with Crippen molar-refractivity contribution < 1.29 is 0 Å². The van der Waals surface area contributed by atoms with Gasteiger partial charge in [-0.2, -0.15) is 0 Å². The van der Waals surface area contributed by atoms with Gasteiger partial charge in [-0.1, -0.05) is 146 Å². The number of anilines is 2. The largest absolute Gasteiger partial charge is 0.279 e. The number of hydrogen-bond donors (Lipinski definition) is 0. The van der Waals surface area contributed by atoms with Gasteiger partial charge in [0, 0.05) is 11.9 Å². The minimum atomic E-state index is 0.698. The lowest BCUT2D eigenvalue weighted by atomic mass is 9.82. The predicted octanol–water partition coefficient (Wildman–Crippen LogP) is 13.3. The van der Waals surface area contributed by atoms with Crippen LogP contribution in [0.4, 0.5) is 11.5 Å². The van der Waals surface area contributed by atoms with Gasteiger partial charge >= 0.3 is 0 Å². The number of hydrogen-bond acceptors (Lipinski definition) is 3. The van der Waals surface area contributed by atoms with Gasteiger partial charge < -0.3 is 0 Å². The summed E-state index contributed by atoms with van der Waals surface area (Å²) in [4.78, 5) is 11.1. The maximum absolute atomic E-state index is 4.65. The van der Waals surface area contributed by atoms with E-state index in [9.17, 15) is 0 Å². The molecule has 52 heavy (non-hydrogen) atoms. The fourth-order valence-electron chi connectivity index (χ4n) is 7.90. The number of benzene rings is 7. The summed E-state index contributed by atoms with van der Waals surface area (Å²) in [6.07, 6.45) is 7.70. The molecule has 3 heteroatoms. The molecule has 7 aromatic carbocycles. The van der Waals surface area contributed by atoms with Crippen LogP contribution in [0.25, 0.3) is 77.2 Å². The monoisotopic (exact) mass is 665 g/mol. The Hall–Kier alpha value is -6.84. The molecular formula is C49H35N3. The molecule has 1 heterocycles. The van der Waals surface area contributed by atoms with E-state index in [1.165, 1.54) is 71.6 Å². The number of rotatable bonds is 8. The summed E-state index contributed by atoms with van der Waals surface area (Å²) in [7, 11) is 0. The summed E-state index contributed by atoms with van der Waals surface area (Å²) >= 11 is 0. The van der Waals surface area contributed by atoms with Crippen LogP contribution in [0.5, 0.6) is 0 Å². The molecule has 0 N–H and O–H groups in total. The molecule has 9 rings (SSSR count). The van der Waals surface area contributed by atoms with Crippen LogP contribution in [0.3, 0.4) is 0 Å². The van der Waals surface area contributed by atoms with Gasteiger partial charge in [-0.3, -0.25) is 4.90 Å². The first-order chi connectivity index (χ1) is 25.8. The third kappa shape index (κ3) is 5.06. The average molecular weight is 666 g/mol. The van der Waals surface area contributed by atoms with Crippen LogP contribution in [-0.4, -0.2) is 11.7 Å². The molecule has 1 aliphatic rings. The zero-order valence-electron chi connectivity index (χ0n) is 28.9. The van der Waals surface area contributed by atoms with E-state index in [-0.39, 0.29) is 0 Å². The lowest BCUT2D eigenvalue weighted by Crippen LogP contribution is -2.16. The van der Waals surface area contributed by atoms with Crippen LogP contribution in [0, 0.1) is 0 Å². The summed E-state index contributed by atoms with van der Waals surface area (Å²) in [5.74, 6) is 1.47. The van der Waals surface area contributed by atoms with Crippen molar-refractivity contribution in [3.63, 3.8) is 0 Å². The molecule has 0 saturated heterocycles. The quantitative estimate of drug-likeness (QED) is 0.119. The van der Waals surface area contributed by atoms with Crippen molar-refractivity contribution in [1.29, 1.82) is 0 Å². The van der Waals surface area contributed by atoms with E-state index < -0.39 is 0 Å². The molecule has 3 nitrogen and oxygen atoms in total. The van der Waals surface area contributed by atoms with Gasteiger partial charge in [0.2, 0.25) is 0 Å². The lowest BCUT2D eigenvalue weighted by molar-refractivity contribution is 1.08. The van der Waals surface area contributed by atoms with Gasteiger partial charge in [0.05, 0.1) is 0 Å². The highest BCUT2D eigenvalue weighted by Gasteiger charge is 2.31. The van der Waals surface area contributed by atoms with Crippen molar-refractivity contribution in [3.8, 4) is 55.6 Å². The number of aromatic nitrogens is 1. The molecule has 246 valence electrons. The van der Waals surface area contributed by atoms with Crippen LogP contribution >= 0.6 is 0 Å². The SMILES string of the molecule is C=N/C(=C\C=C/C)N(c1ccc(-c2ccc3c4c(cccc24)-c2c-3c(-c3ccccc3)c3ccccc3c2-c2ccccc2)cc1)c1ccccn1. The maximum atomic E-state index is 4.65. The number of aliphatic imine (C=N–C) groups is 1. The van der Waals surface area contributed by atoms with Crippen molar-refractivity contribution in [2.45, 2.75) is 6.92 Å². The first kappa shape index (κ1) is 31.2. The summed E-state index contributed by atoms with van der Waals surface area (Å²) < 4.78 is 0. The molecule has 8 aromatic rings. The molecule has 0 aliphatic heterocycles. The number of nitrogens with zero attached hydrogens (tertiary/aromatic N) is 3.